The summed E-state index contributed by atoms with van der Waals surface area (Å²) in [4.78, 5) is 40.8. The summed E-state index contributed by atoms with van der Waals surface area (Å²) in [5, 5.41) is 21.4. The van der Waals surface area contributed by atoms with Gasteiger partial charge in [-0.05, 0) is 93.2 Å². The molecule has 1 spiro atoms. The number of allylic oxidation sites excluding steroid dienone is 5. The number of ketones is 2. The highest BCUT2D eigenvalue weighted by Crippen LogP contribution is 2.68. The molecule has 1 aromatic carbocycles. The van der Waals surface area contributed by atoms with Crippen LogP contribution in [0.25, 0.3) is 6.08 Å². The molecule has 3 aliphatic carbocycles. The molecule has 4 bridgehead atoms. The summed E-state index contributed by atoms with van der Waals surface area (Å²) in [6, 6.07) is 0. The molecule has 1 saturated heterocycles. The van der Waals surface area contributed by atoms with Crippen LogP contribution in [-0.4, -0.2) is 50.2 Å². The van der Waals surface area contributed by atoms with Crippen molar-refractivity contribution in [1.29, 1.82) is 0 Å². The first kappa shape index (κ1) is 32.0. The summed E-state index contributed by atoms with van der Waals surface area (Å²) < 4.78 is 20.6. The Morgan fingerprint density at radius 1 is 1.00 bits per heavy atom. The van der Waals surface area contributed by atoms with Gasteiger partial charge in [-0.2, -0.15) is 0 Å². The zero-order valence-electron chi connectivity index (χ0n) is 28.0. The van der Waals surface area contributed by atoms with Crippen LogP contribution in [0.5, 0.6) is 17.2 Å². The van der Waals surface area contributed by atoms with E-state index in [0.29, 0.717) is 41.7 Å². The largest absolute Gasteiger partial charge is 0.506 e. The van der Waals surface area contributed by atoms with Gasteiger partial charge in [0.15, 0.2) is 22.8 Å². The van der Waals surface area contributed by atoms with E-state index in [4.69, 9.17) is 14.2 Å². The summed E-state index contributed by atoms with van der Waals surface area (Å²) >= 11 is 0. The Bertz CT molecular complexity index is 1730. The third kappa shape index (κ3) is 4.47. The van der Waals surface area contributed by atoms with Gasteiger partial charge < -0.3 is 24.4 Å². The predicted octanol–water partition coefficient (Wildman–Crippen LogP) is 7.24. The van der Waals surface area contributed by atoms with E-state index in [9.17, 15) is 24.6 Å². The molecule has 8 heteroatoms. The highest BCUT2D eigenvalue weighted by Gasteiger charge is 2.81. The van der Waals surface area contributed by atoms with Crippen molar-refractivity contribution in [3.63, 3.8) is 0 Å². The number of phenols is 1. The SMILES string of the molecule is CC(C)=CCC[C@]1(C)C=Cc2c(O)c3c(c(CC=C(C)C)c2O1)O[C@]12C(=CC4C[C@@H]1C(C)(C)O[C@@]2(CC=C(C)C(=O)O)C4=O)C3=O. The standard InChI is InChI=1S/C38H44O8/c1-20(2)10-9-15-36(8)16-14-24-29(39)28-30(40)26-18-23-19-27-35(6,7)46-37(33(23)41,17-13-22(5)34(42)43)38(26,27)45-32(28)25(31(24)44-36)12-11-21(3)4/h10-11,13-14,16,18,23,27,39H,9,12,15,17,19H2,1-8H3,(H,42,43)/t23?,27-,36-,37+,38-/m1/s1. The average molecular weight is 629 g/mol. The molecule has 0 aromatic heterocycles. The number of hydrogen-bond donors (Lipinski definition) is 2. The lowest BCUT2D eigenvalue weighted by atomic mass is 9.51. The van der Waals surface area contributed by atoms with Crippen molar-refractivity contribution >= 4 is 23.6 Å². The highest BCUT2D eigenvalue weighted by atomic mass is 16.6. The van der Waals surface area contributed by atoms with Crippen LogP contribution in [0.15, 0.2) is 52.7 Å². The number of phenolic OH excluding ortho intramolecular Hbond substituents is 1. The maximum Gasteiger partial charge on any atom is 0.330 e. The molecule has 2 fully saturated rings. The fourth-order valence-electron chi connectivity index (χ4n) is 8.17. The number of Topliss-reactive ketones (excluding diaryl/α,β-unsaturated/α-hetero) is 2. The summed E-state index contributed by atoms with van der Waals surface area (Å²) in [6.45, 7) is 15.4. The molecular weight excluding hydrogens is 584 g/mol. The molecule has 1 unspecified atom stereocenters. The van der Waals surface area contributed by atoms with Crippen LogP contribution >= 0.6 is 0 Å². The molecule has 3 aliphatic heterocycles. The Morgan fingerprint density at radius 3 is 2.35 bits per heavy atom. The van der Waals surface area contributed by atoms with Gasteiger partial charge in [-0.3, -0.25) is 9.59 Å². The Kier molecular flexibility index (Phi) is 7.36. The number of rotatable bonds is 8. The van der Waals surface area contributed by atoms with Crippen LogP contribution in [0.1, 0.15) is 103 Å². The Morgan fingerprint density at radius 2 is 1.70 bits per heavy atom. The van der Waals surface area contributed by atoms with Crippen molar-refractivity contribution in [3.8, 4) is 17.2 Å². The van der Waals surface area contributed by atoms with Crippen molar-refractivity contribution in [2.45, 2.75) is 110 Å². The molecule has 1 aromatic rings. The van der Waals surface area contributed by atoms with Crippen molar-refractivity contribution in [3.05, 3.63) is 69.4 Å². The first-order valence-corrected chi connectivity index (χ1v) is 16.2. The number of aliphatic carboxylic acids is 1. The summed E-state index contributed by atoms with van der Waals surface area (Å²) in [5.74, 6) is -2.28. The van der Waals surface area contributed by atoms with E-state index in [-0.39, 0.29) is 40.8 Å². The van der Waals surface area contributed by atoms with Gasteiger partial charge in [0, 0.05) is 35.0 Å². The van der Waals surface area contributed by atoms with Gasteiger partial charge in [-0.1, -0.05) is 35.5 Å². The van der Waals surface area contributed by atoms with Crippen molar-refractivity contribution in [2.75, 3.05) is 0 Å². The van der Waals surface area contributed by atoms with Gasteiger partial charge in [-0.25, -0.2) is 4.79 Å². The van der Waals surface area contributed by atoms with Crippen LogP contribution in [0, 0.1) is 11.8 Å². The van der Waals surface area contributed by atoms with Crippen LogP contribution in [0.3, 0.4) is 0 Å². The summed E-state index contributed by atoms with van der Waals surface area (Å²) in [7, 11) is 0. The van der Waals surface area contributed by atoms with E-state index in [1.165, 1.54) is 18.6 Å². The van der Waals surface area contributed by atoms with Gasteiger partial charge in [0.1, 0.15) is 28.4 Å². The molecule has 7 rings (SSSR count). The van der Waals surface area contributed by atoms with Crippen molar-refractivity contribution < 1.29 is 38.8 Å². The summed E-state index contributed by atoms with van der Waals surface area (Å²) in [5.41, 5.74) is -0.952. The second kappa shape index (κ2) is 10.6. The number of carbonyl (C=O) groups is 3. The summed E-state index contributed by atoms with van der Waals surface area (Å²) in [6.07, 6.45) is 13.4. The number of fused-ring (bicyclic) bond motifs is 2. The van der Waals surface area contributed by atoms with E-state index in [1.54, 1.807) is 6.08 Å². The quantitative estimate of drug-likeness (QED) is 0.228. The van der Waals surface area contributed by atoms with E-state index >= 15 is 0 Å². The molecule has 2 N–H and O–H groups in total. The molecule has 1 saturated carbocycles. The van der Waals surface area contributed by atoms with Gasteiger partial charge in [-0.15, -0.1) is 0 Å². The maximum atomic E-state index is 14.7. The highest BCUT2D eigenvalue weighted by molar-refractivity contribution is 6.19. The molecule has 46 heavy (non-hydrogen) atoms. The number of carbonyl (C=O) groups excluding carboxylic acids is 2. The lowest BCUT2D eigenvalue weighted by Gasteiger charge is -2.56. The smallest absolute Gasteiger partial charge is 0.330 e. The monoisotopic (exact) mass is 628 g/mol. The zero-order valence-corrected chi connectivity index (χ0v) is 28.0. The third-order valence-electron chi connectivity index (χ3n) is 10.5. The van der Waals surface area contributed by atoms with E-state index in [1.807, 2.05) is 52.8 Å². The minimum Gasteiger partial charge on any atom is -0.506 e. The van der Waals surface area contributed by atoms with Crippen LogP contribution in [0.4, 0.5) is 0 Å². The predicted molar refractivity (Wildman–Crippen MR) is 174 cm³/mol. The fraction of sp³-hybridized carbons (Fsp3) is 0.500. The Labute approximate surface area is 270 Å². The fourth-order valence-corrected chi connectivity index (χ4v) is 8.17. The number of aromatic hydroxyl groups is 1. The van der Waals surface area contributed by atoms with Crippen molar-refractivity contribution in [2.24, 2.45) is 11.8 Å². The molecule has 8 nitrogen and oxygen atoms in total. The maximum absolute atomic E-state index is 14.7. The van der Waals surface area contributed by atoms with Gasteiger partial charge in [0.25, 0.3) is 0 Å². The van der Waals surface area contributed by atoms with Gasteiger partial charge in [0.2, 0.25) is 0 Å². The zero-order chi connectivity index (χ0) is 33.6. The topological polar surface area (TPSA) is 119 Å². The van der Waals surface area contributed by atoms with E-state index < -0.39 is 40.1 Å². The van der Waals surface area contributed by atoms with Crippen molar-refractivity contribution in [1.82, 2.24) is 0 Å². The van der Waals surface area contributed by atoms with Gasteiger partial charge in [0.05, 0.1) is 11.2 Å². The molecule has 5 atom stereocenters. The second-order valence-electron chi connectivity index (χ2n) is 14.8. The Hall–Kier alpha value is -3.91. The number of carboxylic acid groups (broad SMARTS) is 1. The molecular formula is C38H44O8. The molecule has 244 valence electrons. The lowest BCUT2D eigenvalue weighted by molar-refractivity contribution is -0.171. The molecule has 0 amide bonds. The van der Waals surface area contributed by atoms with Crippen LogP contribution in [0.2, 0.25) is 0 Å². The molecule has 0 radical (unpaired) electrons. The van der Waals surface area contributed by atoms with Crippen LogP contribution in [-0.2, 0) is 20.7 Å². The second-order valence-corrected chi connectivity index (χ2v) is 14.8. The number of ether oxygens (including phenoxy) is 3. The average Bonchev–Trinajstić information content (AvgIpc) is 3.12. The Balaban J connectivity index is 1.59. The first-order valence-electron chi connectivity index (χ1n) is 16.2. The van der Waals surface area contributed by atoms with Crippen LogP contribution < -0.4 is 9.47 Å². The third-order valence-corrected chi connectivity index (χ3v) is 10.5. The minimum absolute atomic E-state index is 0.0544. The number of benzene rings is 1. The number of hydrogen-bond acceptors (Lipinski definition) is 7. The first-order chi connectivity index (χ1) is 21.5. The number of carboxylic acids is 1. The molecule has 3 heterocycles. The normalized spacial score (nSPS) is 31.2. The van der Waals surface area contributed by atoms with E-state index in [0.717, 1.165) is 12.0 Å². The van der Waals surface area contributed by atoms with Gasteiger partial charge >= 0.3 is 5.97 Å². The minimum atomic E-state index is -1.63. The lowest BCUT2D eigenvalue weighted by Crippen LogP contribution is -2.72. The van der Waals surface area contributed by atoms with E-state index in [2.05, 4.69) is 19.9 Å². The molecule has 6 aliphatic rings.